The molecule has 0 spiro atoms. The maximum atomic E-state index is 13.8. The number of carbonyl (C=O) groups is 4. The fraction of sp³-hybridized carbons (Fsp3) is 0.324. The maximum Gasteiger partial charge on any atom is 0.439 e. The normalized spacial score (nSPS) is 12.1. The predicted molar refractivity (Wildman–Crippen MR) is 180 cm³/mol. The Kier molecular flexibility index (Phi) is 11.0. The Bertz CT molecular complexity index is 1720. The summed E-state index contributed by atoms with van der Waals surface area (Å²) in [4.78, 5) is 57.2. The predicted octanol–water partition coefficient (Wildman–Crippen LogP) is 7.63. The number of carbonyl (C=O) groups excluding carboxylic acids is 3. The van der Waals surface area contributed by atoms with Gasteiger partial charge in [0.2, 0.25) is 0 Å². The van der Waals surface area contributed by atoms with E-state index in [0.717, 1.165) is 21.5 Å². The minimum atomic E-state index is -1.59. The number of ether oxygens (including phenoxy) is 3. The first-order valence-electron chi connectivity index (χ1n) is 15.5. The Labute approximate surface area is 280 Å². The molecule has 0 saturated carbocycles. The average molecular weight is 656 g/mol. The van der Waals surface area contributed by atoms with Gasteiger partial charge in [-0.05, 0) is 88.2 Å². The van der Waals surface area contributed by atoms with E-state index >= 15 is 0 Å². The molecular formula is C37H41N3O8. The summed E-state index contributed by atoms with van der Waals surface area (Å²) in [6, 6.07) is 21.0. The van der Waals surface area contributed by atoms with Gasteiger partial charge in [-0.15, -0.1) is 5.01 Å². The number of rotatable bonds is 10. The zero-order valence-electron chi connectivity index (χ0n) is 28.0. The van der Waals surface area contributed by atoms with Gasteiger partial charge in [-0.3, -0.25) is 14.8 Å². The molecule has 0 fully saturated rings. The third-order valence-electron chi connectivity index (χ3n) is 6.87. The SMILES string of the molecule is CC(C)(C)OC(=O)N(C(=O)OC(C)(C)C)N(c1ccc2cnccc2c1)C(C(=O)O)c1ccc(CCC(=O)OCc2ccccc2)cc1. The monoisotopic (exact) mass is 655 g/mol. The maximum absolute atomic E-state index is 13.8. The number of carboxylic acids is 1. The van der Waals surface area contributed by atoms with Gasteiger partial charge < -0.3 is 19.3 Å². The molecule has 0 aliphatic carbocycles. The summed E-state index contributed by atoms with van der Waals surface area (Å²) in [6.45, 7) is 9.98. The van der Waals surface area contributed by atoms with Crippen molar-refractivity contribution in [3.63, 3.8) is 0 Å². The number of fused-ring (bicyclic) bond motifs is 1. The summed E-state index contributed by atoms with van der Waals surface area (Å²) < 4.78 is 16.6. The van der Waals surface area contributed by atoms with Crippen LogP contribution in [0.25, 0.3) is 10.8 Å². The number of anilines is 1. The number of hydrazine groups is 1. The lowest BCUT2D eigenvalue weighted by Crippen LogP contribution is -2.56. The lowest BCUT2D eigenvalue weighted by Gasteiger charge is -2.39. The number of benzene rings is 3. The molecule has 0 aliphatic rings. The Balaban J connectivity index is 1.70. The highest BCUT2D eigenvalue weighted by atomic mass is 16.6. The van der Waals surface area contributed by atoms with Crippen LogP contribution >= 0.6 is 0 Å². The Hall–Kier alpha value is -5.45. The van der Waals surface area contributed by atoms with Gasteiger partial charge in [0.15, 0.2) is 6.04 Å². The standard InChI is InChI=1S/C37H41N3O8/c1-36(2,3)47-34(44)40(35(45)48-37(4,5)6)39(30-18-17-29-23-38-21-20-28(29)22-30)32(33(42)43)27-15-12-25(13-16-27)14-19-31(41)46-24-26-10-8-7-9-11-26/h7-13,15-18,20-23,32H,14,19,24H2,1-6H3,(H,42,43). The molecule has 1 aromatic heterocycles. The molecule has 3 aromatic carbocycles. The topological polar surface area (TPSA) is 136 Å². The highest BCUT2D eigenvalue weighted by molar-refractivity contribution is 5.94. The summed E-state index contributed by atoms with van der Waals surface area (Å²) in [5.41, 5.74) is 0.0594. The molecule has 1 heterocycles. The van der Waals surface area contributed by atoms with Crippen LogP contribution in [0, 0.1) is 0 Å². The van der Waals surface area contributed by atoms with Gasteiger partial charge >= 0.3 is 24.1 Å². The van der Waals surface area contributed by atoms with Gasteiger partial charge in [-0.1, -0.05) is 60.7 Å². The van der Waals surface area contributed by atoms with Crippen LogP contribution in [-0.2, 0) is 36.8 Å². The molecule has 0 radical (unpaired) electrons. The van der Waals surface area contributed by atoms with Crippen molar-refractivity contribution in [3.05, 3.63) is 108 Å². The molecule has 11 heteroatoms. The van der Waals surface area contributed by atoms with E-state index in [-0.39, 0.29) is 30.2 Å². The number of aliphatic carboxylic acids is 1. The van der Waals surface area contributed by atoms with Crippen LogP contribution in [0.2, 0.25) is 0 Å². The van der Waals surface area contributed by atoms with Gasteiger partial charge in [0.05, 0.1) is 5.69 Å². The Morgan fingerprint density at radius 3 is 1.98 bits per heavy atom. The Morgan fingerprint density at radius 1 is 0.771 bits per heavy atom. The number of nitrogens with zero attached hydrogens (tertiary/aromatic N) is 3. The van der Waals surface area contributed by atoms with Gasteiger partial charge in [0.25, 0.3) is 0 Å². The van der Waals surface area contributed by atoms with Crippen molar-refractivity contribution >= 4 is 40.6 Å². The van der Waals surface area contributed by atoms with Gasteiger partial charge in [0, 0.05) is 24.2 Å². The zero-order valence-corrected chi connectivity index (χ0v) is 28.0. The van der Waals surface area contributed by atoms with E-state index in [9.17, 15) is 24.3 Å². The fourth-order valence-corrected chi connectivity index (χ4v) is 4.77. The fourth-order valence-electron chi connectivity index (χ4n) is 4.77. The van der Waals surface area contributed by atoms with Crippen LogP contribution in [0.15, 0.2) is 91.3 Å². The largest absolute Gasteiger partial charge is 0.479 e. The molecule has 11 nitrogen and oxygen atoms in total. The van der Waals surface area contributed by atoms with Crippen LogP contribution in [0.3, 0.4) is 0 Å². The van der Waals surface area contributed by atoms with Crippen molar-refractivity contribution in [1.29, 1.82) is 0 Å². The van der Waals surface area contributed by atoms with Gasteiger partial charge in [-0.25, -0.2) is 14.4 Å². The van der Waals surface area contributed by atoms with E-state index in [0.29, 0.717) is 16.8 Å². The van der Waals surface area contributed by atoms with Crippen molar-refractivity contribution < 1.29 is 38.5 Å². The molecule has 0 aliphatic heterocycles. The molecule has 2 amide bonds. The number of aromatic nitrogens is 1. The van der Waals surface area contributed by atoms with E-state index < -0.39 is 35.4 Å². The van der Waals surface area contributed by atoms with Crippen LogP contribution in [0.1, 0.15) is 70.7 Å². The van der Waals surface area contributed by atoms with Crippen molar-refractivity contribution in [2.45, 2.75) is 78.2 Å². The molecule has 4 aromatic rings. The smallest absolute Gasteiger partial charge is 0.439 e. The summed E-state index contributed by atoms with van der Waals surface area (Å²) in [7, 11) is 0. The molecular weight excluding hydrogens is 614 g/mol. The highest BCUT2D eigenvalue weighted by Gasteiger charge is 2.42. The van der Waals surface area contributed by atoms with E-state index in [1.165, 1.54) is 0 Å². The van der Waals surface area contributed by atoms with Crippen LogP contribution < -0.4 is 5.01 Å². The average Bonchev–Trinajstić information content (AvgIpc) is 3.01. The molecule has 252 valence electrons. The minimum absolute atomic E-state index is 0.123. The second kappa shape index (κ2) is 15.0. The third-order valence-corrected chi connectivity index (χ3v) is 6.87. The summed E-state index contributed by atoms with van der Waals surface area (Å²) in [5, 5.41) is 13.8. The summed E-state index contributed by atoms with van der Waals surface area (Å²) in [5.74, 6) is -1.71. The number of hydrogen-bond donors (Lipinski definition) is 1. The van der Waals surface area contributed by atoms with Crippen molar-refractivity contribution in [2.75, 3.05) is 5.01 Å². The third kappa shape index (κ3) is 9.78. The summed E-state index contributed by atoms with van der Waals surface area (Å²) >= 11 is 0. The van der Waals surface area contributed by atoms with E-state index in [1.807, 2.05) is 30.3 Å². The van der Waals surface area contributed by atoms with Crippen molar-refractivity contribution in [2.24, 2.45) is 0 Å². The number of carboxylic acid groups (broad SMARTS) is 1. The lowest BCUT2D eigenvalue weighted by atomic mass is 10.0. The molecule has 48 heavy (non-hydrogen) atoms. The van der Waals surface area contributed by atoms with E-state index in [2.05, 4.69) is 4.98 Å². The first kappa shape index (κ1) is 35.4. The van der Waals surface area contributed by atoms with Gasteiger partial charge in [-0.2, -0.15) is 0 Å². The zero-order chi connectivity index (χ0) is 35.1. The number of amides is 2. The Morgan fingerprint density at radius 2 is 1.40 bits per heavy atom. The highest BCUT2D eigenvalue weighted by Crippen LogP contribution is 2.34. The number of aryl methyl sites for hydroxylation is 1. The quantitative estimate of drug-likeness (QED) is 0.103. The summed E-state index contributed by atoms with van der Waals surface area (Å²) in [6.07, 6.45) is 1.47. The van der Waals surface area contributed by atoms with E-state index in [4.69, 9.17) is 14.2 Å². The van der Waals surface area contributed by atoms with Gasteiger partial charge in [0.1, 0.15) is 17.8 Å². The molecule has 0 saturated heterocycles. The van der Waals surface area contributed by atoms with Crippen molar-refractivity contribution in [1.82, 2.24) is 9.99 Å². The minimum Gasteiger partial charge on any atom is -0.479 e. The van der Waals surface area contributed by atoms with Crippen LogP contribution in [0.5, 0.6) is 0 Å². The van der Waals surface area contributed by atoms with Crippen molar-refractivity contribution in [3.8, 4) is 0 Å². The molecule has 1 atom stereocenters. The second-order valence-electron chi connectivity index (χ2n) is 13.2. The first-order chi connectivity index (χ1) is 22.6. The number of hydrogen-bond acceptors (Lipinski definition) is 9. The number of esters is 1. The number of pyridine rings is 1. The molecule has 1 N–H and O–H groups in total. The molecule has 4 rings (SSSR count). The lowest BCUT2D eigenvalue weighted by molar-refractivity contribution is -0.145. The first-order valence-corrected chi connectivity index (χ1v) is 15.5. The second-order valence-corrected chi connectivity index (χ2v) is 13.2. The van der Waals surface area contributed by atoms with Crippen LogP contribution in [-0.4, -0.2) is 50.4 Å². The molecule has 1 unspecified atom stereocenters. The van der Waals surface area contributed by atoms with E-state index in [1.54, 1.807) is 102 Å². The van der Waals surface area contributed by atoms with Crippen LogP contribution in [0.4, 0.5) is 15.3 Å². The number of imide groups is 1. The molecule has 0 bridgehead atoms.